The van der Waals surface area contributed by atoms with E-state index in [4.69, 9.17) is 24.1 Å². The van der Waals surface area contributed by atoms with Crippen molar-refractivity contribution >= 4 is 35.8 Å². The lowest BCUT2D eigenvalue weighted by atomic mass is 10.0. The summed E-state index contributed by atoms with van der Waals surface area (Å²) in [7, 11) is 2.82. The van der Waals surface area contributed by atoms with E-state index in [1.807, 2.05) is 60.7 Å². The summed E-state index contributed by atoms with van der Waals surface area (Å²) < 4.78 is 19.9. The highest BCUT2D eigenvalue weighted by atomic mass is 16.5. The predicted molar refractivity (Wildman–Crippen MR) is 236 cm³/mol. The number of aryl methyl sites for hydroxylation is 2. The van der Waals surface area contributed by atoms with E-state index in [0.717, 1.165) is 42.7 Å². The lowest BCUT2D eigenvalue weighted by Crippen LogP contribution is -2.55. The average Bonchev–Trinajstić information content (AvgIpc) is 4.10. The number of carboxylic acid groups (broad SMARTS) is 1. The zero-order valence-corrected chi connectivity index (χ0v) is 37.9. The van der Waals surface area contributed by atoms with Crippen LogP contribution in [0.4, 0.5) is 0 Å². The summed E-state index contributed by atoms with van der Waals surface area (Å²) in [5.74, 6) is -1.28. The van der Waals surface area contributed by atoms with Crippen LogP contribution < -0.4 is 16.0 Å². The number of carbonyl (C=O) groups excluding carboxylic acids is 5. The van der Waals surface area contributed by atoms with Crippen molar-refractivity contribution < 1.29 is 52.8 Å². The fraction of sp³-hybridized carbons (Fsp3) is 0.625. The number of nitrogens with one attached hydrogen (secondary N) is 3. The van der Waals surface area contributed by atoms with Gasteiger partial charge < -0.3 is 34.3 Å². The number of benzene rings is 2. The smallest absolute Gasteiger partial charge is 0.328 e. The number of fused-ring (bicyclic) bond motifs is 2. The predicted octanol–water partition coefficient (Wildman–Crippen LogP) is 4.78. The minimum Gasteiger partial charge on any atom is -0.480 e. The summed E-state index contributed by atoms with van der Waals surface area (Å²) in [6, 6.07) is 17.1. The number of aliphatic carboxylic acids is 1. The van der Waals surface area contributed by atoms with Crippen molar-refractivity contribution in [3.8, 4) is 0 Å². The van der Waals surface area contributed by atoms with Gasteiger partial charge in [0.05, 0.1) is 33.5 Å². The van der Waals surface area contributed by atoms with Gasteiger partial charge in [-0.05, 0) is 115 Å². The maximum absolute atomic E-state index is 13.4. The molecule has 15 nitrogen and oxygen atoms in total. The Labute approximate surface area is 372 Å². The van der Waals surface area contributed by atoms with Crippen LogP contribution >= 0.6 is 0 Å². The average molecular weight is 879 g/mol. The quantitative estimate of drug-likeness (QED) is 0.118. The molecule has 348 valence electrons. The fourth-order valence-corrected chi connectivity index (χ4v) is 9.33. The summed E-state index contributed by atoms with van der Waals surface area (Å²) >= 11 is 0. The van der Waals surface area contributed by atoms with E-state index in [1.54, 1.807) is 25.7 Å². The van der Waals surface area contributed by atoms with Crippen LogP contribution in [0.3, 0.4) is 0 Å². The largest absolute Gasteiger partial charge is 0.480 e. The molecule has 2 saturated carbocycles. The first kappa shape index (κ1) is 50.8. The third-order valence-corrected chi connectivity index (χ3v) is 12.6. The molecule has 0 bridgehead atoms. The van der Waals surface area contributed by atoms with Gasteiger partial charge in [-0.3, -0.25) is 34.6 Å². The van der Waals surface area contributed by atoms with Crippen molar-refractivity contribution in [2.75, 3.05) is 27.4 Å². The number of methoxy groups -OCH3 is 2. The maximum Gasteiger partial charge on any atom is 0.328 e. The Bertz CT molecular complexity index is 1750. The number of hydrogen-bond donors (Lipinski definition) is 4. The molecule has 2 aromatic carbocycles. The molecular weight excluding hydrogens is 809 g/mol. The maximum atomic E-state index is 13.4. The third-order valence-electron chi connectivity index (χ3n) is 12.6. The molecule has 0 spiro atoms. The van der Waals surface area contributed by atoms with E-state index in [1.165, 1.54) is 40.4 Å². The Kier molecular flexibility index (Phi) is 21.0. The van der Waals surface area contributed by atoms with Gasteiger partial charge in [0, 0.05) is 12.1 Å². The highest BCUT2D eigenvalue weighted by molar-refractivity contribution is 5.89. The molecule has 0 aromatic heterocycles. The van der Waals surface area contributed by atoms with Gasteiger partial charge in [0.2, 0.25) is 5.91 Å². The first-order chi connectivity index (χ1) is 30.3. The molecule has 10 atom stereocenters. The normalized spacial score (nSPS) is 23.8. The molecule has 1 amide bonds. The number of nitrogens with zero attached hydrogens (tertiary/aromatic N) is 1. The van der Waals surface area contributed by atoms with E-state index < -0.39 is 42.1 Å². The van der Waals surface area contributed by atoms with E-state index in [0.29, 0.717) is 44.1 Å². The van der Waals surface area contributed by atoms with Gasteiger partial charge in [0.25, 0.3) is 0 Å². The minimum absolute atomic E-state index is 0.0229. The molecule has 2 aromatic rings. The monoisotopic (exact) mass is 879 g/mol. The molecular formula is C48H70N4O11. The number of esters is 4. The number of carbonyl (C=O) groups is 6. The van der Waals surface area contributed by atoms with Gasteiger partial charge in [-0.15, -0.1) is 0 Å². The molecule has 63 heavy (non-hydrogen) atoms. The van der Waals surface area contributed by atoms with Crippen molar-refractivity contribution in [1.82, 2.24) is 20.9 Å². The number of carboxylic acids is 1. The standard InChI is InChI=1S/C24H34N2O5.C15H21NO4.C9H15NO2/c1-4-31-23(28)19(14-13-17-9-6-5-7-10-17)25-16(2)22(27)26-20-12-8-11-18(20)15-21(26)24(29)30-3;1-3-20-15(19)13(16-11(2)14(17)18)10-9-12-7-5-4-6-8-12;1-12-9(11)8-5-6-3-2-4-7(6)10-8/h5-7,9-10,16,18-21,25H,4,8,11-15H2,1-3H3;4-8,11,13,16H,3,9-10H2,1-2H3,(H,17,18);6-8,10H,2-5H2,1H3. The first-order valence-electron chi connectivity index (χ1n) is 22.7. The van der Waals surface area contributed by atoms with Crippen molar-refractivity contribution in [2.45, 2.75) is 153 Å². The number of amides is 1. The van der Waals surface area contributed by atoms with Crippen LogP contribution in [0.25, 0.3) is 0 Å². The molecule has 4 aliphatic rings. The molecule has 2 aliphatic heterocycles. The van der Waals surface area contributed by atoms with Crippen molar-refractivity contribution in [3.05, 3.63) is 71.8 Å². The molecule has 2 aliphatic carbocycles. The molecule has 2 saturated heterocycles. The zero-order chi connectivity index (χ0) is 45.9. The van der Waals surface area contributed by atoms with E-state index in [2.05, 4.69) is 16.0 Å². The molecule has 6 rings (SSSR count). The summed E-state index contributed by atoms with van der Waals surface area (Å²) in [5.41, 5.74) is 2.23. The van der Waals surface area contributed by atoms with Gasteiger partial charge in [-0.25, -0.2) is 4.79 Å². The van der Waals surface area contributed by atoms with Crippen molar-refractivity contribution in [1.29, 1.82) is 0 Å². The highest BCUT2D eigenvalue weighted by Gasteiger charge is 2.50. The Balaban J connectivity index is 0.000000231. The molecule has 4 N–H and O–H groups in total. The second-order valence-electron chi connectivity index (χ2n) is 16.8. The number of hydrogen-bond acceptors (Lipinski definition) is 13. The lowest BCUT2D eigenvalue weighted by molar-refractivity contribution is -0.153. The zero-order valence-electron chi connectivity index (χ0n) is 37.9. The van der Waals surface area contributed by atoms with Crippen LogP contribution in [0.1, 0.15) is 103 Å². The van der Waals surface area contributed by atoms with Crippen LogP contribution in [0, 0.1) is 11.8 Å². The van der Waals surface area contributed by atoms with Crippen LogP contribution in [0.15, 0.2) is 60.7 Å². The fourth-order valence-electron chi connectivity index (χ4n) is 9.33. The molecule has 2 heterocycles. The third kappa shape index (κ3) is 15.1. The summed E-state index contributed by atoms with van der Waals surface area (Å²) in [5, 5.41) is 18.2. The van der Waals surface area contributed by atoms with Crippen LogP contribution in [0.5, 0.6) is 0 Å². The van der Waals surface area contributed by atoms with Crippen molar-refractivity contribution in [2.24, 2.45) is 11.8 Å². The molecule has 0 radical (unpaired) electrons. The number of ether oxygens (including phenoxy) is 4. The summed E-state index contributed by atoms with van der Waals surface area (Å²) in [6.07, 6.45) is 10.9. The van der Waals surface area contributed by atoms with E-state index in [9.17, 15) is 28.8 Å². The van der Waals surface area contributed by atoms with Gasteiger partial charge in [-0.2, -0.15) is 0 Å². The Morgan fingerprint density at radius 1 is 0.698 bits per heavy atom. The molecule has 15 heteroatoms. The van der Waals surface area contributed by atoms with Gasteiger partial charge in [0.1, 0.15) is 30.2 Å². The molecule has 4 fully saturated rings. The molecule has 10 unspecified atom stereocenters. The highest BCUT2D eigenvalue weighted by Crippen LogP contribution is 2.42. The second-order valence-corrected chi connectivity index (χ2v) is 16.8. The van der Waals surface area contributed by atoms with E-state index >= 15 is 0 Å². The second kappa shape index (κ2) is 26.1. The first-order valence-corrected chi connectivity index (χ1v) is 22.7. The van der Waals surface area contributed by atoms with E-state index in [-0.39, 0.29) is 49.1 Å². The van der Waals surface area contributed by atoms with Crippen molar-refractivity contribution in [3.63, 3.8) is 0 Å². The van der Waals surface area contributed by atoms with Crippen LogP contribution in [-0.2, 0) is 60.6 Å². The van der Waals surface area contributed by atoms with Crippen LogP contribution in [-0.4, -0.2) is 122 Å². The number of likely N-dealkylation sites (tertiary alicyclic amines) is 1. The lowest BCUT2D eigenvalue weighted by Gasteiger charge is -2.32. The topological polar surface area (TPSA) is 199 Å². The van der Waals surface area contributed by atoms with Gasteiger partial charge in [0.15, 0.2) is 0 Å². The van der Waals surface area contributed by atoms with Gasteiger partial charge in [-0.1, -0.05) is 73.5 Å². The Morgan fingerprint density at radius 2 is 1.21 bits per heavy atom. The number of rotatable bonds is 18. The van der Waals surface area contributed by atoms with Crippen LogP contribution in [0.2, 0.25) is 0 Å². The summed E-state index contributed by atoms with van der Waals surface area (Å²) in [4.78, 5) is 73.9. The SMILES string of the molecule is CCOC(=O)C(CCc1ccccc1)NC(C)C(=O)N1C(C(=O)OC)CC2CCCC21.CCOC(=O)C(CCc1ccccc1)NC(C)C(=O)O.COC(=O)C1CC2CCCC2N1. The van der Waals surface area contributed by atoms with Gasteiger partial charge >= 0.3 is 29.8 Å². The summed E-state index contributed by atoms with van der Waals surface area (Å²) in [6.45, 7) is 7.33. The minimum atomic E-state index is -0.987. The Morgan fingerprint density at radius 3 is 1.70 bits per heavy atom. The Hall–Kier alpha value is -4.86.